The molecule has 1 atom stereocenters. The zero-order chi connectivity index (χ0) is 26.3. The molecule has 0 bridgehead atoms. The largest absolute Gasteiger partial charge is 0.507 e. The Bertz CT molecular complexity index is 1300. The molecule has 0 unspecified atom stereocenters. The monoisotopic (exact) mass is 507 g/mol. The number of aliphatic hydroxyl groups excluding tert-OH is 1. The molecule has 8 nitrogen and oxygen atoms in total. The number of carbonyl (C=O) groups is 3. The second-order valence-corrected chi connectivity index (χ2v) is 9.61. The summed E-state index contributed by atoms with van der Waals surface area (Å²) in [5.74, 6) is -3.41. The molecule has 194 valence electrons. The zero-order valence-corrected chi connectivity index (χ0v) is 21.0. The number of likely N-dealkylation sites (tertiary alicyclic amines) is 1. The van der Waals surface area contributed by atoms with E-state index in [9.17, 15) is 23.9 Å². The number of aryl methyl sites for hydroxylation is 1. The minimum atomic E-state index is -1.84. The summed E-state index contributed by atoms with van der Waals surface area (Å²) in [6, 6.07) is 11.1. The summed E-state index contributed by atoms with van der Waals surface area (Å²) in [6.45, 7) is 6.91. The van der Waals surface area contributed by atoms with Crippen LogP contribution in [0, 0.1) is 12.7 Å². The summed E-state index contributed by atoms with van der Waals surface area (Å²) in [5.41, 5.74) is -0.699. The van der Waals surface area contributed by atoms with E-state index in [1.807, 2.05) is 6.92 Å². The average molecular weight is 508 g/mol. The number of amides is 2. The molecule has 3 aliphatic heterocycles. The fraction of sp³-hybridized carbons (Fsp3) is 0.393. The minimum absolute atomic E-state index is 0.0351. The van der Waals surface area contributed by atoms with Crippen molar-refractivity contribution in [3.05, 3.63) is 70.5 Å². The predicted octanol–water partition coefficient (Wildman–Crippen LogP) is 2.80. The number of hydrogen-bond donors (Lipinski definition) is 1. The van der Waals surface area contributed by atoms with Crippen LogP contribution in [-0.2, 0) is 24.7 Å². The van der Waals surface area contributed by atoms with Crippen LogP contribution in [0.4, 0.5) is 10.1 Å². The van der Waals surface area contributed by atoms with Gasteiger partial charge in [0.25, 0.3) is 17.6 Å². The highest BCUT2D eigenvalue weighted by molar-refractivity contribution is 6.50. The molecule has 3 aliphatic rings. The SMILES string of the molecule is CCCN1C(=O)[C@]2(C(=C(O)c3ccc(C)c(F)c3)C(=O)C(=O)N2CCN2CCOCC2)c2ccccc21. The van der Waals surface area contributed by atoms with Gasteiger partial charge in [-0.05, 0) is 31.0 Å². The van der Waals surface area contributed by atoms with E-state index in [2.05, 4.69) is 4.90 Å². The van der Waals surface area contributed by atoms with Crippen molar-refractivity contribution in [1.29, 1.82) is 0 Å². The summed E-state index contributed by atoms with van der Waals surface area (Å²) >= 11 is 0. The molecule has 5 rings (SSSR count). The predicted molar refractivity (Wildman–Crippen MR) is 135 cm³/mol. The Hall–Kier alpha value is -3.56. The number of halogens is 1. The molecule has 2 saturated heterocycles. The lowest BCUT2D eigenvalue weighted by Gasteiger charge is -2.36. The summed E-state index contributed by atoms with van der Waals surface area (Å²) in [4.78, 5) is 46.5. The van der Waals surface area contributed by atoms with Crippen molar-refractivity contribution in [3.8, 4) is 0 Å². The average Bonchev–Trinajstić information content (AvgIpc) is 3.28. The topological polar surface area (TPSA) is 90.4 Å². The second kappa shape index (κ2) is 9.72. The highest BCUT2D eigenvalue weighted by Gasteiger charge is 2.66. The van der Waals surface area contributed by atoms with Gasteiger partial charge in [-0.1, -0.05) is 37.3 Å². The van der Waals surface area contributed by atoms with Crippen LogP contribution in [0.1, 0.15) is 30.0 Å². The Kier molecular flexibility index (Phi) is 6.59. The smallest absolute Gasteiger partial charge is 0.296 e. The lowest BCUT2D eigenvalue weighted by molar-refractivity contribution is -0.144. The number of Topliss-reactive ketones (excluding diaryl/α,β-unsaturated/α-hetero) is 1. The normalized spacial score (nSPS) is 23.4. The molecule has 2 aromatic carbocycles. The van der Waals surface area contributed by atoms with Crippen LogP contribution in [0.5, 0.6) is 0 Å². The van der Waals surface area contributed by atoms with Gasteiger partial charge in [-0.3, -0.25) is 19.3 Å². The van der Waals surface area contributed by atoms with Crippen LogP contribution in [0.25, 0.3) is 5.76 Å². The summed E-state index contributed by atoms with van der Waals surface area (Å²) < 4.78 is 19.9. The molecule has 0 aromatic heterocycles. The van der Waals surface area contributed by atoms with Crippen LogP contribution >= 0.6 is 0 Å². The maximum absolute atomic E-state index is 14.5. The first kappa shape index (κ1) is 25.1. The van der Waals surface area contributed by atoms with Crippen LogP contribution in [0.3, 0.4) is 0 Å². The number of morpholine rings is 1. The van der Waals surface area contributed by atoms with Crippen LogP contribution in [0.15, 0.2) is 48.0 Å². The molecule has 3 heterocycles. The number of anilines is 1. The molecular formula is C28H30FN3O5. The lowest BCUT2D eigenvalue weighted by Crippen LogP contribution is -2.54. The number of ether oxygens (including phenoxy) is 1. The van der Waals surface area contributed by atoms with Crippen molar-refractivity contribution in [2.45, 2.75) is 25.8 Å². The molecule has 9 heteroatoms. The molecule has 0 aliphatic carbocycles. The third-order valence-corrected chi connectivity index (χ3v) is 7.45. The van der Waals surface area contributed by atoms with E-state index in [4.69, 9.17) is 4.74 Å². The first-order chi connectivity index (χ1) is 17.8. The van der Waals surface area contributed by atoms with E-state index < -0.39 is 34.7 Å². The number of fused-ring (bicyclic) bond motifs is 2. The third-order valence-electron chi connectivity index (χ3n) is 7.45. The Balaban J connectivity index is 1.72. The quantitative estimate of drug-likeness (QED) is 0.368. The number of nitrogens with zero attached hydrogens (tertiary/aromatic N) is 3. The molecular weight excluding hydrogens is 477 g/mol. The van der Waals surface area contributed by atoms with E-state index in [1.54, 1.807) is 36.1 Å². The lowest BCUT2D eigenvalue weighted by atomic mass is 9.82. The van der Waals surface area contributed by atoms with E-state index in [1.165, 1.54) is 17.0 Å². The van der Waals surface area contributed by atoms with Crippen molar-refractivity contribution in [1.82, 2.24) is 9.80 Å². The van der Waals surface area contributed by atoms with Gasteiger partial charge in [0, 0.05) is 43.9 Å². The van der Waals surface area contributed by atoms with Crippen LogP contribution in [-0.4, -0.2) is 78.4 Å². The number of para-hydroxylation sites is 1. The van der Waals surface area contributed by atoms with Gasteiger partial charge in [0.15, 0.2) is 5.54 Å². The fourth-order valence-electron chi connectivity index (χ4n) is 5.56. The number of aliphatic hydroxyl groups is 1. The van der Waals surface area contributed by atoms with E-state index in [0.29, 0.717) is 62.6 Å². The Morgan fingerprint density at radius 3 is 2.49 bits per heavy atom. The van der Waals surface area contributed by atoms with Gasteiger partial charge in [0.2, 0.25) is 0 Å². The second-order valence-electron chi connectivity index (χ2n) is 9.61. The van der Waals surface area contributed by atoms with Gasteiger partial charge in [-0.25, -0.2) is 4.39 Å². The van der Waals surface area contributed by atoms with E-state index in [-0.39, 0.29) is 17.7 Å². The zero-order valence-electron chi connectivity index (χ0n) is 21.0. The first-order valence-corrected chi connectivity index (χ1v) is 12.6. The van der Waals surface area contributed by atoms with Crippen molar-refractivity contribution >= 4 is 29.0 Å². The van der Waals surface area contributed by atoms with Crippen molar-refractivity contribution in [2.24, 2.45) is 0 Å². The molecule has 37 heavy (non-hydrogen) atoms. The van der Waals surface area contributed by atoms with Gasteiger partial charge in [0.1, 0.15) is 11.6 Å². The standard InChI is InChI=1S/C28H30FN3O5/c1-3-10-31-22-7-5-4-6-20(22)28(27(31)36)23(24(33)19-9-8-18(2)21(29)17-19)25(34)26(35)32(28)12-11-30-13-15-37-16-14-30/h4-9,17,33H,3,10-16H2,1-2H3/t28-/m1/s1. The Morgan fingerprint density at radius 2 is 1.78 bits per heavy atom. The van der Waals surface area contributed by atoms with Crippen molar-refractivity contribution in [2.75, 3.05) is 50.8 Å². The van der Waals surface area contributed by atoms with Gasteiger partial charge >= 0.3 is 0 Å². The number of benzene rings is 2. The molecule has 2 aromatic rings. The number of rotatable bonds is 6. The van der Waals surface area contributed by atoms with Crippen molar-refractivity contribution < 1.29 is 28.6 Å². The third kappa shape index (κ3) is 3.84. The highest BCUT2D eigenvalue weighted by atomic mass is 19.1. The summed E-state index contributed by atoms with van der Waals surface area (Å²) in [7, 11) is 0. The Labute approximate surface area is 214 Å². The van der Waals surface area contributed by atoms with Gasteiger partial charge in [-0.15, -0.1) is 0 Å². The molecule has 1 spiro atoms. The van der Waals surface area contributed by atoms with E-state index >= 15 is 0 Å². The maximum atomic E-state index is 14.5. The fourth-order valence-corrected chi connectivity index (χ4v) is 5.56. The first-order valence-electron chi connectivity index (χ1n) is 12.6. The van der Waals surface area contributed by atoms with E-state index in [0.717, 1.165) is 6.07 Å². The minimum Gasteiger partial charge on any atom is -0.507 e. The molecule has 0 radical (unpaired) electrons. The Morgan fingerprint density at radius 1 is 1.05 bits per heavy atom. The van der Waals surface area contributed by atoms with Gasteiger partial charge < -0.3 is 19.6 Å². The van der Waals surface area contributed by atoms with Crippen LogP contribution in [0.2, 0.25) is 0 Å². The van der Waals surface area contributed by atoms with Crippen LogP contribution < -0.4 is 4.90 Å². The van der Waals surface area contributed by atoms with Gasteiger partial charge in [-0.2, -0.15) is 0 Å². The molecule has 0 saturated carbocycles. The number of carbonyl (C=O) groups excluding carboxylic acids is 3. The van der Waals surface area contributed by atoms with Crippen molar-refractivity contribution in [3.63, 3.8) is 0 Å². The molecule has 2 amide bonds. The summed E-state index contributed by atoms with van der Waals surface area (Å²) in [5, 5.41) is 11.5. The van der Waals surface area contributed by atoms with Gasteiger partial charge in [0.05, 0.1) is 24.5 Å². The molecule has 1 N–H and O–H groups in total. The number of ketones is 1. The maximum Gasteiger partial charge on any atom is 0.296 e. The summed E-state index contributed by atoms with van der Waals surface area (Å²) in [6.07, 6.45) is 0.653. The molecule has 2 fully saturated rings. The highest BCUT2D eigenvalue weighted by Crippen LogP contribution is 2.53. The number of hydrogen-bond acceptors (Lipinski definition) is 6.